The first-order valence-corrected chi connectivity index (χ1v) is 7.69. The van der Waals surface area contributed by atoms with Gasteiger partial charge < -0.3 is 0 Å². The van der Waals surface area contributed by atoms with E-state index in [0.29, 0.717) is 0 Å². The molecule has 20 heavy (non-hydrogen) atoms. The summed E-state index contributed by atoms with van der Waals surface area (Å²) in [5.41, 5.74) is 6.01. The summed E-state index contributed by atoms with van der Waals surface area (Å²) in [7, 11) is 0. The lowest BCUT2D eigenvalue weighted by molar-refractivity contribution is 0.690. The average Bonchev–Trinajstić information content (AvgIpc) is 2.50. The number of hydrogen-bond donors (Lipinski definition) is 0. The van der Waals surface area contributed by atoms with Gasteiger partial charge in [-0.3, -0.25) is 0 Å². The molecule has 0 heterocycles. The van der Waals surface area contributed by atoms with Crippen LogP contribution in [0.3, 0.4) is 0 Å². The van der Waals surface area contributed by atoms with Gasteiger partial charge in [-0.15, -0.1) is 0 Å². The molecule has 0 saturated heterocycles. The number of aryl methyl sites for hydroxylation is 4. The molecular weight excluding hydrogens is 240 g/mol. The largest absolute Gasteiger partial charge is 0.0584 e. The van der Waals surface area contributed by atoms with E-state index in [1.807, 2.05) is 0 Å². The summed E-state index contributed by atoms with van der Waals surface area (Å²) in [6.07, 6.45) is 5.21. The van der Waals surface area contributed by atoms with Gasteiger partial charge in [0, 0.05) is 0 Å². The van der Waals surface area contributed by atoms with Crippen molar-refractivity contribution < 1.29 is 0 Å². The second kappa shape index (κ2) is 4.34. The van der Waals surface area contributed by atoms with E-state index in [1.165, 1.54) is 58.4 Å². The van der Waals surface area contributed by atoms with Crippen LogP contribution in [0.4, 0.5) is 0 Å². The summed E-state index contributed by atoms with van der Waals surface area (Å²) in [6.45, 7) is 4.47. The highest BCUT2D eigenvalue weighted by Gasteiger charge is 2.14. The molecule has 0 aromatic heterocycles. The Morgan fingerprint density at radius 2 is 1.50 bits per heavy atom. The van der Waals surface area contributed by atoms with Crippen molar-refractivity contribution in [1.29, 1.82) is 0 Å². The molecule has 0 unspecified atom stereocenters. The maximum absolute atomic E-state index is 2.37. The van der Waals surface area contributed by atoms with E-state index in [4.69, 9.17) is 0 Å². The second-order valence-electron chi connectivity index (χ2n) is 6.18. The normalized spacial score (nSPS) is 14.7. The Kier molecular flexibility index (Phi) is 2.60. The molecule has 0 N–H and O–H groups in total. The summed E-state index contributed by atoms with van der Waals surface area (Å²) < 4.78 is 0. The van der Waals surface area contributed by atoms with Gasteiger partial charge in [-0.25, -0.2) is 0 Å². The van der Waals surface area contributed by atoms with Gasteiger partial charge in [-0.2, -0.15) is 0 Å². The topological polar surface area (TPSA) is 0 Å². The second-order valence-corrected chi connectivity index (χ2v) is 6.18. The summed E-state index contributed by atoms with van der Waals surface area (Å²) in [4.78, 5) is 0. The van der Waals surface area contributed by atoms with Crippen LogP contribution in [0.1, 0.15) is 35.1 Å². The van der Waals surface area contributed by atoms with Gasteiger partial charge in [-0.05, 0) is 83.3 Å². The van der Waals surface area contributed by atoms with Crippen molar-refractivity contribution in [2.75, 3.05) is 0 Å². The first-order chi connectivity index (χ1) is 9.75. The Morgan fingerprint density at radius 3 is 2.40 bits per heavy atom. The highest BCUT2D eigenvalue weighted by molar-refractivity contribution is 6.10. The van der Waals surface area contributed by atoms with Gasteiger partial charge in [0.05, 0.1) is 0 Å². The quantitative estimate of drug-likeness (QED) is 0.469. The summed E-state index contributed by atoms with van der Waals surface area (Å²) in [5.74, 6) is 0. The molecule has 0 heteroatoms. The standard InChI is InChI=1S/C20H20/c1-13-7-8-16-10-11-18-17-6-4-3-5-15(17)9-12-19(18)20(16)14(13)2/h7-12H,3-6H2,1-2H3. The van der Waals surface area contributed by atoms with Gasteiger partial charge in [0.25, 0.3) is 0 Å². The third kappa shape index (κ3) is 1.61. The molecule has 0 bridgehead atoms. The number of fused-ring (bicyclic) bond motifs is 5. The van der Waals surface area contributed by atoms with Gasteiger partial charge >= 0.3 is 0 Å². The molecular formula is C20H20. The minimum Gasteiger partial charge on any atom is -0.0584 e. The van der Waals surface area contributed by atoms with Gasteiger partial charge in [0.2, 0.25) is 0 Å². The molecule has 0 atom stereocenters. The van der Waals surface area contributed by atoms with Crippen molar-refractivity contribution in [2.45, 2.75) is 39.5 Å². The highest BCUT2D eigenvalue weighted by atomic mass is 14.2. The Hall–Kier alpha value is -1.82. The Balaban J connectivity index is 2.18. The Bertz CT molecular complexity index is 824. The zero-order valence-electron chi connectivity index (χ0n) is 12.3. The van der Waals surface area contributed by atoms with Crippen molar-refractivity contribution in [3.63, 3.8) is 0 Å². The predicted octanol–water partition coefficient (Wildman–Crippen LogP) is 5.49. The minimum atomic E-state index is 1.25. The van der Waals surface area contributed by atoms with Crippen LogP contribution in [0, 0.1) is 13.8 Å². The molecule has 0 fully saturated rings. The lowest BCUT2D eigenvalue weighted by Gasteiger charge is -2.19. The zero-order chi connectivity index (χ0) is 13.7. The van der Waals surface area contributed by atoms with Crippen LogP contribution in [0.2, 0.25) is 0 Å². The van der Waals surface area contributed by atoms with Crippen molar-refractivity contribution in [1.82, 2.24) is 0 Å². The fourth-order valence-electron chi connectivity index (χ4n) is 3.77. The van der Waals surface area contributed by atoms with E-state index < -0.39 is 0 Å². The van der Waals surface area contributed by atoms with E-state index in [2.05, 4.69) is 50.2 Å². The molecule has 3 aromatic carbocycles. The van der Waals surface area contributed by atoms with E-state index in [-0.39, 0.29) is 0 Å². The van der Waals surface area contributed by atoms with Crippen LogP contribution >= 0.6 is 0 Å². The van der Waals surface area contributed by atoms with E-state index in [9.17, 15) is 0 Å². The summed E-state index contributed by atoms with van der Waals surface area (Å²) in [6, 6.07) is 13.9. The van der Waals surface area contributed by atoms with E-state index in [0.717, 1.165) is 0 Å². The molecule has 0 aliphatic heterocycles. The fraction of sp³-hybridized carbons (Fsp3) is 0.300. The lowest BCUT2D eigenvalue weighted by atomic mass is 9.85. The summed E-state index contributed by atoms with van der Waals surface area (Å²) >= 11 is 0. The zero-order valence-corrected chi connectivity index (χ0v) is 12.3. The van der Waals surface area contributed by atoms with Crippen LogP contribution in [0.5, 0.6) is 0 Å². The molecule has 0 radical (unpaired) electrons. The molecule has 0 nitrogen and oxygen atoms in total. The maximum atomic E-state index is 2.37. The van der Waals surface area contributed by atoms with E-state index in [1.54, 1.807) is 11.1 Å². The van der Waals surface area contributed by atoms with Crippen molar-refractivity contribution in [3.05, 3.63) is 58.7 Å². The van der Waals surface area contributed by atoms with Crippen LogP contribution in [0.25, 0.3) is 21.5 Å². The van der Waals surface area contributed by atoms with E-state index >= 15 is 0 Å². The van der Waals surface area contributed by atoms with Crippen molar-refractivity contribution >= 4 is 21.5 Å². The lowest BCUT2D eigenvalue weighted by Crippen LogP contribution is -2.03. The van der Waals surface area contributed by atoms with Crippen LogP contribution in [0.15, 0.2) is 36.4 Å². The molecule has 1 aliphatic rings. The van der Waals surface area contributed by atoms with Crippen LogP contribution in [-0.2, 0) is 12.8 Å². The Labute approximate surface area is 120 Å². The number of hydrogen-bond acceptors (Lipinski definition) is 0. The van der Waals surface area contributed by atoms with Gasteiger partial charge in [0.1, 0.15) is 0 Å². The molecule has 0 spiro atoms. The molecule has 3 aromatic rings. The first-order valence-electron chi connectivity index (χ1n) is 7.69. The third-order valence-electron chi connectivity index (χ3n) is 5.04. The SMILES string of the molecule is Cc1ccc2ccc3c4c(ccc3c2c1C)CCCC4. The molecule has 0 saturated carbocycles. The summed E-state index contributed by atoms with van der Waals surface area (Å²) in [5, 5.41) is 5.76. The predicted molar refractivity (Wildman–Crippen MR) is 87.6 cm³/mol. The molecule has 4 rings (SSSR count). The van der Waals surface area contributed by atoms with Crippen molar-refractivity contribution in [2.24, 2.45) is 0 Å². The van der Waals surface area contributed by atoms with Gasteiger partial charge in [-0.1, -0.05) is 36.4 Å². The number of benzene rings is 3. The molecule has 1 aliphatic carbocycles. The monoisotopic (exact) mass is 260 g/mol. The highest BCUT2D eigenvalue weighted by Crippen LogP contribution is 2.35. The number of rotatable bonds is 0. The molecule has 100 valence electrons. The van der Waals surface area contributed by atoms with Gasteiger partial charge in [0.15, 0.2) is 0 Å². The maximum Gasteiger partial charge on any atom is -0.00734 e. The molecule has 0 amide bonds. The van der Waals surface area contributed by atoms with Crippen LogP contribution < -0.4 is 0 Å². The minimum absolute atomic E-state index is 1.25. The first kappa shape index (κ1) is 12.0. The fourth-order valence-corrected chi connectivity index (χ4v) is 3.77. The van der Waals surface area contributed by atoms with Crippen molar-refractivity contribution in [3.8, 4) is 0 Å². The smallest absolute Gasteiger partial charge is 0.00734 e. The Morgan fingerprint density at radius 1 is 0.750 bits per heavy atom. The average molecular weight is 260 g/mol. The van der Waals surface area contributed by atoms with Crippen LogP contribution in [-0.4, -0.2) is 0 Å². The third-order valence-corrected chi connectivity index (χ3v) is 5.04.